The summed E-state index contributed by atoms with van der Waals surface area (Å²) in [6, 6.07) is 0.924. The smallest absolute Gasteiger partial charge is 0.315 e. The monoisotopic (exact) mass is 212 g/mol. The fourth-order valence-electron chi connectivity index (χ4n) is 0.979. The van der Waals surface area contributed by atoms with Crippen molar-refractivity contribution in [3.63, 3.8) is 0 Å². The van der Waals surface area contributed by atoms with Gasteiger partial charge in [0.2, 0.25) is 5.89 Å². The van der Waals surface area contributed by atoms with Crippen LogP contribution >= 0.6 is 0 Å². The molecule has 2 N–H and O–H groups in total. The minimum atomic E-state index is 0.420. The van der Waals surface area contributed by atoms with Crippen LogP contribution in [0.1, 0.15) is 33.6 Å². The molecule has 0 fully saturated rings. The van der Waals surface area contributed by atoms with Gasteiger partial charge in [-0.2, -0.15) is 0 Å². The SMILES string of the molecule is CC(C)CNc1nnc(CNC(C)C)o1. The summed E-state index contributed by atoms with van der Waals surface area (Å²) < 4.78 is 5.39. The maximum absolute atomic E-state index is 5.39. The lowest BCUT2D eigenvalue weighted by Gasteiger charge is -2.04. The van der Waals surface area contributed by atoms with E-state index in [0.29, 0.717) is 30.4 Å². The minimum absolute atomic E-state index is 0.420. The van der Waals surface area contributed by atoms with Gasteiger partial charge in [-0.05, 0) is 5.92 Å². The quantitative estimate of drug-likeness (QED) is 0.750. The molecule has 0 unspecified atom stereocenters. The third-order valence-corrected chi connectivity index (χ3v) is 1.79. The molecule has 0 spiro atoms. The average Bonchev–Trinajstić information content (AvgIpc) is 2.59. The zero-order chi connectivity index (χ0) is 11.3. The third kappa shape index (κ3) is 4.78. The Kier molecular flexibility index (Phi) is 4.55. The number of nitrogens with zero attached hydrogens (tertiary/aromatic N) is 2. The van der Waals surface area contributed by atoms with Crippen molar-refractivity contribution in [1.29, 1.82) is 0 Å². The van der Waals surface area contributed by atoms with Crippen LogP contribution < -0.4 is 10.6 Å². The van der Waals surface area contributed by atoms with Gasteiger partial charge in [0.15, 0.2) is 0 Å². The van der Waals surface area contributed by atoms with Gasteiger partial charge in [-0.3, -0.25) is 0 Å². The molecule has 5 nitrogen and oxygen atoms in total. The second-order valence-corrected chi connectivity index (χ2v) is 4.31. The van der Waals surface area contributed by atoms with E-state index in [9.17, 15) is 0 Å². The van der Waals surface area contributed by atoms with Crippen molar-refractivity contribution in [3.8, 4) is 0 Å². The zero-order valence-corrected chi connectivity index (χ0v) is 9.87. The molecular weight excluding hydrogens is 192 g/mol. The molecule has 1 rings (SSSR count). The van der Waals surface area contributed by atoms with E-state index in [-0.39, 0.29) is 0 Å². The summed E-state index contributed by atoms with van der Waals surface area (Å²) >= 11 is 0. The molecule has 1 aromatic heterocycles. The summed E-state index contributed by atoms with van der Waals surface area (Å²) in [7, 11) is 0. The Bertz CT molecular complexity index is 256. The Balaban J connectivity index is 2.35. The topological polar surface area (TPSA) is 63.0 Å². The van der Waals surface area contributed by atoms with Gasteiger partial charge >= 0.3 is 6.01 Å². The van der Waals surface area contributed by atoms with E-state index in [0.717, 1.165) is 6.54 Å². The average molecular weight is 212 g/mol. The van der Waals surface area contributed by atoms with Crippen LogP contribution in [0.25, 0.3) is 0 Å². The Morgan fingerprint density at radius 1 is 1.20 bits per heavy atom. The lowest BCUT2D eigenvalue weighted by Crippen LogP contribution is -2.21. The van der Waals surface area contributed by atoms with E-state index in [1.54, 1.807) is 0 Å². The van der Waals surface area contributed by atoms with E-state index in [2.05, 4.69) is 48.5 Å². The number of rotatable bonds is 6. The van der Waals surface area contributed by atoms with Gasteiger partial charge < -0.3 is 15.1 Å². The molecule has 1 heterocycles. The first-order valence-electron chi connectivity index (χ1n) is 5.37. The lowest BCUT2D eigenvalue weighted by molar-refractivity contribution is 0.457. The number of aromatic nitrogens is 2. The first-order valence-corrected chi connectivity index (χ1v) is 5.37. The molecule has 15 heavy (non-hydrogen) atoms. The van der Waals surface area contributed by atoms with Gasteiger partial charge in [0, 0.05) is 12.6 Å². The highest BCUT2D eigenvalue weighted by molar-refractivity contribution is 5.16. The van der Waals surface area contributed by atoms with Crippen LogP contribution in [0.4, 0.5) is 6.01 Å². The Morgan fingerprint density at radius 2 is 1.93 bits per heavy atom. The van der Waals surface area contributed by atoms with E-state index in [4.69, 9.17) is 4.42 Å². The van der Waals surface area contributed by atoms with Crippen molar-refractivity contribution in [2.75, 3.05) is 11.9 Å². The fourth-order valence-corrected chi connectivity index (χ4v) is 0.979. The van der Waals surface area contributed by atoms with Gasteiger partial charge in [0.05, 0.1) is 6.54 Å². The number of nitrogens with one attached hydrogen (secondary N) is 2. The highest BCUT2D eigenvalue weighted by Gasteiger charge is 2.05. The predicted octanol–water partition coefficient (Wildman–Crippen LogP) is 1.64. The first kappa shape index (κ1) is 12.0. The van der Waals surface area contributed by atoms with Crippen LogP contribution in [0.2, 0.25) is 0 Å². The van der Waals surface area contributed by atoms with Crippen molar-refractivity contribution in [3.05, 3.63) is 5.89 Å². The van der Waals surface area contributed by atoms with Gasteiger partial charge in [-0.15, -0.1) is 5.10 Å². The van der Waals surface area contributed by atoms with Crippen LogP contribution in [0.3, 0.4) is 0 Å². The second-order valence-electron chi connectivity index (χ2n) is 4.31. The van der Waals surface area contributed by atoms with Gasteiger partial charge in [-0.25, -0.2) is 0 Å². The predicted molar refractivity (Wildman–Crippen MR) is 59.6 cm³/mol. The molecule has 0 aromatic carbocycles. The Hall–Kier alpha value is -1.10. The molecule has 0 aliphatic carbocycles. The van der Waals surface area contributed by atoms with Crippen LogP contribution in [0.5, 0.6) is 0 Å². The molecule has 5 heteroatoms. The first-order chi connectivity index (χ1) is 7.08. The number of anilines is 1. The molecule has 0 aliphatic rings. The van der Waals surface area contributed by atoms with Gasteiger partial charge in [0.1, 0.15) is 0 Å². The van der Waals surface area contributed by atoms with Crippen LogP contribution in [0.15, 0.2) is 4.42 Å². The molecule has 0 bridgehead atoms. The molecule has 86 valence electrons. The summed E-state index contributed by atoms with van der Waals surface area (Å²) in [4.78, 5) is 0. The van der Waals surface area contributed by atoms with Crippen molar-refractivity contribution in [1.82, 2.24) is 15.5 Å². The van der Waals surface area contributed by atoms with Crippen LogP contribution in [-0.4, -0.2) is 22.8 Å². The maximum atomic E-state index is 5.39. The highest BCUT2D eigenvalue weighted by atomic mass is 16.4. The van der Waals surface area contributed by atoms with E-state index in [1.165, 1.54) is 0 Å². The Morgan fingerprint density at radius 3 is 2.53 bits per heavy atom. The van der Waals surface area contributed by atoms with E-state index >= 15 is 0 Å². The zero-order valence-electron chi connectivity index (χ0n) is 9.87. The van der Waals surface area contributed by atoms with Gasteiger partial charge in [0.25, 0.3) is 0 Å². The van der Waals surface area contributed by atoms with Crippen molar-refractivity contribution in [2.45, 2.75) is 40.3 Å². The molecule has 0 atom stereocenters. The molecule has 0 radical (unpaired) electrons. The number of hydrogen-bond donors (Lipinski definition) is 2. The number of hydrogen-bond acceptors (Lipinski definition) is 5. The molecule has 0 saturated carbocycles. The van der Waals surface area contributed by atoms with Crippen molar-refractivity contribution >= 4 is 6.01 Å². The lowest BCUT2D eigenvalue weighted by atomic mass is 10.2. The molecule has 0 amide bonds. The Labute approximate surface area is 90.7 Å². The normalized spacial score (nSPS) is 11.3. The molecular formula is C10H20N4O. The van der Waals surface area contributed by atoms with Crippen LogP contribution in [-0.2, 0) is 6.54 Å². The summed E-state index contributed by atoms with van der Waals surface area (Å²) in [5.41, 5.74) is 0. The van der Waals surface area contributed by atoms with Crippen molar-refractivity contribution < 1.29 is 4.42 Å². The van der Waals surface area contributed by atoms with Gasteiger partial charge in [-0.1, -0.05) is 32.8 Å². The standard InChI is InChI=1S/C10H20N4O/c1-7(2)5-12-10-14-13-9(15-10)6-11-8(3)4/h7-8,11H,5-6H2,1-4H3,(H,12,14). The third-order valence-electron chi connectivity index (χ3n) is 1.79. The molecule has 1 aromatic rings. The summed E-state index contributed by atoms with van der Waals surface area (Å²) in [5.74, 6) is 1.18. The van der Waals surface area contributed by atoms with E-state index in [1.807, 2.05) is 0 Å². The maximum Gasteiger partial charge on any atom is 0.315 e. The summed E-state index contributed by atoms with van der Waals surface area (Å²) in [6.45, 7) is 9.88. The highest BCUT2D eigenvalue weighted by Crippen LogP contribution is 2.06. The fraction of sp³-hybridized carbons (Fsp3) is 0.800. The molecule has 0 aliphatic heterocycles. The summed E-state index contributed by atoms with van der Waals surface area (Å²) in [5, 5.41) is 14.1. The second kappa shape index (κ2) is 5.70. The van der Waals surface area contributed by atoms with Crippen molar-refractivity contribution in [2.24, 2.45) is 5.92 Å². The minimum Gasteiger partial charge on any atom is -0.407 e. The summed E-state index contributed by atoms with van der Waals surface area (Å²) in [6.07, 6.45) is 0. The molecule has 0 saturated heterocycles. The largest absolute Gasteiger partial charge is 0.407 e. The van der Waals surface area contributed by atoms with Crippen LogP contribution in [0, 0.1) is 5.92 Å². The van der Waals surface area contributed by atoms with E-state index < -0.39 is 0 Å².